The SMILES string of the molecule is CC(C)(C)[C@@H](N)C(=O)N1CCCCO1. The van der Waals surface area contributed by atoms with Crippen molar-refractivity contribution in [2.24, 2.45) is 11.1 Å². The molecule has 0 radical (unpaired) electrons. The van der Waals surface area contributed by atoms with E-state index in [1.807, 2.05) is 20.8 Å². The van der Waals surface area contributed by atoms with Crippen molar-refractivity contribution >= 4 is 5.91 Å². The fourth-order valence-electron chi connectivity index (χ4n) is 1.30. The first-order valence-electron chi connectivity index (χ1n) is 5.13. The molecule has 1 rings (SSSR count). The van der Waals surface area contributed by atoms with Gasteiger partial charge in [0.25, 0.3) is 5.91 Å². The molecule has 0 aromatic rings. The van der Waals surface area contributed by atoms with E-state index in [0.29, 0.717) is 13.2 Å². The van der Waals surface area contributed by atoms with Crippen LogP contribution in [0.1, 0.15) is 33.6 Å². The van der Waals surface area contributed by atoms with Crippen LogP contribution in [0.5, 0.6) is 0 Å². The van der Waals surface area contributed by atoms with Crippen LogP contribution in [0.25, 0.3) is 0 Å². The minimum Gasteiger partial charge on any atom is -0.319 e. The summed E-state index contributed by atoms with van der Waals surface area (Å²) in [5, 5.41) is 1.42. The van der Waals surface area contributed by atoms with Crippen molar-refractivity contribution in [1.82, 2.24) is 5.06 Å². The third kappa shape index (κ3) is 2.69. The highest BCUT2D eigenvalue weighted by atomic mass is 16.7. The number of rotatable bonds is 1. The molecular formula is C10H20N2O2. The molecule has 0 aromatic heterocycles. The molecule has 0 aromatic carbocycles. The second-order valence-corrected chi connectivity index (χ2v) is 4.82. The maximum atomic E-state index is 11.8. The summed E-state index contributed by atoms with van der Waals surface area (Å²) < 4.78 is 0. The second-order valence-electron chi connectivity index (χ2n) is 4.82. The van der Waals surface area contributed by atoms with Gasteiger partial charge in [-0.2, -0.15) is 0 Å². The highest BCUT2D eigenvalue weighted by molar-refractivity contribution is 5.81. The summed E-state index contributed by atoms with van der Waals surface area (Å²) in [7, 11) is 0. The van der Waals surface area contributed by atoms with Crippen LogP contribution in [0.4, 0.5) is 0 Å². The Morgan fingerprint density at radius 3 is 2.50 bits per heavy atom. The number of hydrogen-bond donors (Lipinski definition) is 1. The van der Waals surface area contributed by atoms with Crippen molar-refractivity contribution in [2.75, 3.05) is 13.2 Å². The lowest BCUT2D eigenvalue weighted by atomic mass is 9.87. The third-order valence-electron chi connectivity index (χ3n) is 2.45. The normalized spacial score (nSPS) is 20.7. The van der Waals surface area contributed by atoms with E-state index in [1.165, 1.54) is 5.06 Å². The van der Waals surface area contributed by atoms with E-state index in [4.69, 9.17) is 10.6 Å². The first-order chi connectivity index (χ1) is 6.43. The Bertz CT molecular complexity index is 205. The number of hydrogen-bond acceptors (Lipinski definition) is 3. The maximum absolute atomic E-state index is 11.8. The lowest BCUT2D eigenvalue weighted by Crippen LogP contribution is -2.51. The van der Waals surface area contributed by atoms with Gasteiger partial charge in [-0.05, 0) is 18.3 Å². The Morgan fingerprint density at radius 1 is 1.43 bits per heavy atom. The zero-order chi connectivity index (χ0) is 10.8. The van der Waals surface area contributed by atoms with Gasteiger partial charge < -0.3 is 5.73 Å². The van der Waals surface area contributed by atoms with Crippen molar-refractivity contribution < 1.29 is 9.63 Å². The Morgan fingerprint density at radius 2 is 2.07 bits per heavy atom. The van der Waals surface area contributed by atoms with Gasteiger partial charge in [-0.25, -0.2) is 5.06 Å². The molecule has 0 saturated carbocycles. The molecule has 1 saturated heterocycles. The summed E-state index contributed by atoms with van der Waals surface area (Å²) in [6, 6.07) is -0.486. The fourth-order valence-corrected chi connectivity index (χ4v) is 1.30. The van der Waals surface area contributed by atoms with E-state index in [0.717, 1.165) is 12.8 Å². The molecule has 1 aliphatic heterocycles. The lowest BCUT2D eigenvalue weighted by molar-refractivity contribution is -0.200. The van der Waals surface area contributed by atoms with E-state index < -0.39 is 6.04 Å². The van der Waals surface area contributed by atoms with Crippen LogP contribution in [-0.4, -0.2) is 30.2 Å². The molecule has 1 amide bonds. The molecule has 1 fully saturated rings. The minimum atomic E-state index is -0.486. The van der Waals surface area contributed by atoms with Crippen LogP contribution >= 0.6 is 0 Å². The number of amides is 1. The number of nitrogens with zero attached hydrogens (tertiary/aromatic N) is 1. The van der Waals surface area contributed by atoms with Crippen molar-refractivity contribution in [3.8, 4) is 0 Å². The Kier molecular flexibility index (Phi) is 3.50. The zero-order valence-electron chi connectivity index (χ0n) is 9.25. The summed E-state index contributed by atoms with van der Waals surface area (Å²) in [4.78, 5) is 17.1. The van der Waals surface area contributed by atoms with Gasteiger partial charge in [-0.1, -0.05) is 20.8 Å². The van der Waals surface area contributed by atoms with Crippen LogP contribution in [0.2, 0.25) is 0 Å². The van der Waals surface area contributed by atoms with Gasteiger partial charge in [-0.15, -0.1) is 0 Å². The smallest absolute Gasteiger partial charge is 0.263 e. The van der Waals surface area contributed by atoms with E-state index in [1.54, 1.807) is 0 Å². The van der Waals surface area contributed by atoms with Gasteiger partial charge in [0, 0.05) is 6.54 Å². The highest BCUT2D eigenvalue weighted by Gasteiger charge is 2.32. The summed E-state index contributed by atoms with van der Waals surface area (Å²) >= 11 is 0. The van der Waals surface area contributed by atoms with Crippen molar-refractivity contribution in [3.05, 3.63) is 0 Å². The van der Waals surface area contributed by atoms with Gasteiger partial charge in [0.05, 0.1) is 12.6 Å². The number of hydroxylamine groups is 2. The monoisotopic (exact) mass is 200 g/mol. The topological polar surface area (TPSA) is 55.6 Å². The molecule has 0 bridgehead atoms. The predicted octanol–water partition coefficient (Wildman–Crippen LogP) is 0.914. The zero-order valence-corrected chi connectivity index (χ0v) is 9.25. The van der Waals surface area contributed by atoms with Crippen LogP contribution in [0.3, 0.4) is 0 Å². The van der Waals surface area contributed by atoms with E-state index >= 15 is 0 Å². The highest BCUT2D eigenvalue weighted by Crippen LogP contribution is 2.20. The maximum Gasteiger partial charge on any atom is 0.263 e. The number of nitrogens with two attached hydrogens (primary N) is 1. The minimum absolute atomic E-state index is 0.0998. The van der Waals surface area contributed by atoms with Crippen LogP contribution < -0.4 is 5.73 Å². The summed E-state index contributed by atoms with van der Waals surface area (Å²) in [5.74, 6) is -0.0998. The lowest BCUT2D eigenvalue weighted by Gasteiger charge is -2.33. The fraction of sp³-hybridized carbons (Fsp3) is 0.900. The largest absolute Gasteiger partial charge is 0.319 e. The van der Waals surface area contributed by atoms with Crippen molar-refractivity contribution in [3.63, 3.8) is 0 Å². The molecule has 4 nitrogen and oxygen atoms in total. The predicted molar refractivity (Wildman–Crippen MR) is 54.3 cm³/mol. The Labute approximate surface area is 85.3 Å². The van der Waals surface area contributed by atoms with E-state index in [9.17, 15) is 4.79 Å². The number of carbonyl (C=O) groups is 1. The average molecular weight is 200 g/mol. The molecule has 0 aliphatic carbocycles. The molecule has 82 valence electrons. The first kappa shape index (κ1) is 11.5. The summed E-state index contributed by atoms with van der Waals surface area (Å²) in [5.41, 5.74) is 5.64. The summed E-state index contributed by atoms with van der Waals surface area (Å²) in [6.45, 7) is 7.17. The summed E-state index contributed by atoms with van der Waals surface area (Å²) in [6.07, 6.45) is 2.02. The van der Waals surface area contributed by atoms with Gasteiger partial charge in [-0.3, -0.25) is 9.63 Å². The van der Waals surface area contributed by atoms with Crippen LogP contribution in [-0.2, 0) is 9.63 Å². The Hall–Kier alpha value is -0.610. The molecule has 4 heteroatoms. The number of carbonyl (C=O) groups excluding carboxylic acids is 1. The standard InChI is InChI=1S/C10H20N2O2/c1-10(2,3)8(11)9(13)12-6-4-5-7-14-12/h8H,4-7,11H2,1-3H3/t8-/m0/s1. The van der Waals surface area contributed by atoms with E-state index in [-0.39, 0.29) is 11.3 Å². The van der Waals surface area contributed by atoms with Gasteiger partial charge in [0.2, 0.25) is 0 Å². The van der Waals surface area contributed by atoms with Gasteiger partial charge in [0.1, 0.15) is 0 Å². The molecule has 1 atom stereocenters. The first-order valence-corrected chi connectivity index (χ1v) is 5.13. The molecule has 14 heavy (non-hydrogen) atoms. The molecule has 1 aliphatic rings. The third-order valence-corrected chi connectivity index (χ3v) is 2.45. The average Bonchev–Trinajstić information content (AvgIpc) is 2.15. The quantitative estimate of drug-likeness (QED) is 0.684. The van der Waals surface area contributed by atoms with Crippen molar-refractivity contribution in [1.29, 1.82) is 0 Å². The second kappa shape index (κ2) is 4.28. The van der Waals surface area contributed by atoms with Crippen molar-refractivity contribution in [2.45, 2.75) is 39.7 Å². The molecule has 1 heterocycles. The molecule has 0 spiro atoms. The molecule has 2 N–H and O–H groups in total. The van der Waals surface area contributed by atoms with Crippen LogP contribution in [0, 0.1) is 5.41 Å². The van der Waals surface area contributed by atoms with Gasteiger partial charge >= 0.3 is 0 Å². The molecule has 0 unspecified atom stereocenters. The Balaban J connectivity index is 2.55. The van der Waals surface area contributed by atoms with Gasteiger partial charge in [0.15, 0.2) is 0 Å². The van der Waals surface area contributed by atoms with E-state index in [2.05, 4.69) is 0 Å². The molecular weight excluding hydrogens is 180 g/mol. The van der Waals surface area contributed by atoms with Crippen LogP contribution in [0.15, 0.2) is 0 Å².